The SMILES string of the molecule is O=C(O)N(C(=O)O)N(c1ccccc1)c1ccccc1. The first-order chi connectivity index (χ1) is 9.61. The number of carboxylic acid groups (broad SMARTS) is 2. The highest BCUT2D eigenvalue weighted by atomic mass is 16.4. The molecule has 0 bridgehead atoms. The number of hydrogen-bond acceptors (Lipinski definition) is 3. The second-order valence-electron chi connectivity index (χ2n) is 3.86. The summed E-state index contributed by atoms with van der Waals surface area (Å²) in [5.74, 6) is 0. The summed E-state index contributed by atoms with van der Waals surface area (Å²) in [4.78, 5) is 22.5. The topological polar surface area (TPSA) is 81.1 Å². The highest BCUT2D eigenvalue weighted by Gasteiger charge is 2.29. The van der Waals surface area contributed by atoms with Gasteiger partial charge in [-0.15, -0.1) is 5.01 Å². The van der Waals surface area contributed by atoms with Crippen LogP contribution in [0.1, 0.15) is 0 Å². The van der Waals surface area contributed by atoms with Crippen molar-refractivity contribution in [3.05, 3.63) is 60.7 Å². The number of imide groups is 1. The van der Waals surface area contributed by atoms with E-state index >= 15 is 0 Å². The van der Waals surface area contributed by atoms with Gasteiger partial charge in [0.05, 0.1) is 11.4 Å². The molecule has 2 rings (SSSR count). The number of rotatable bonds is 3. The summed E-state index contributed by atoms with van der Waals surface area (Å²) in [5, 5.41) is 19.6. The second kappa shape index (κ2) is 5.75. The fourth-order valence-corrected chi connectivity index (χ4v) is 1.77. The van der Waals surface area contributed by atoms with Gasteiger partial charge < -0.3 is 10.2 Å². The molecular weight excluding hydrogens is 260 g/mol. The van der Waals surface area contributed by atoms with Crippen molar-refractivity contribution in [3.8, 4) is 0 Å². The Hall–Kier alpha value is -3.02. The minimum absolute atomic E-state index is 0.241. The van der Waals surface area contributed by atoms with Gasteiger partial charge in [-0.25, -0.2) is 14.6 Å². The van der Waals surface area contributed by atoms with Crippen molar-refractivity contribution in [2.45, 2.75) is 0 Å². The van der Waals surface area contributed by atoms with Crippen LogP contribution < -0.4 is 5.01 Å². The van der Waals surface area contributed by atoms with E-state index < -0.39 is 12.2 Å². The maximum Gasteiger partial charge on any atom is 0.436 e. The highest BCUT2D eigenvalue weighted by Crippen LogP contribution is 2.27. The molecule has 0 radical (unpaired) electrons. The largest absolute Gasteiger partial charge is 0.463 e. The molecule has 0 heterocycles. The molecule has 2 aromatic rings. The molecule has 0 aliphatic heterocycles. The summed E-state index contributed by atoms with van der Waals surface area (Å²) >= 11 is 0. The number of hydrogen-bond donors (Lipinski definition) is 2. The van der Waals surface area contributed by atoms with Gasteiger partial charge in [0.15, 0.2) is 0 Å². The van der Waals surface area contributed by atoms with Crippen molar-refractivity contribution in [2.24, 2.45) is 0 Å². The van der Waals surface area contributed by atoms with Crippen molar-refractivity contribution in [1.82, 2.24) is 5.01 Å². The molecule has 0 saturated heterocycles. The molecule has 6 heteroatoms. The lowest BCUT2D eigenvalue weighted by Gasteiger charge is -2.30. The number of anilines is 2. The Labute approximate surface area is 115 Å². The molecule has 0 unspecified atom stereocenters. The highest BCUT2D eigenvalue weighted by molar-refractivity contribution is 5.90. The van der Waals surface area contributed by atoms with Crippen LogP contribution in [0.4, 0.5) is 21.0 Å². The van der Waals surface area contributed by atoms with Crippen LogP contribution in [0.2, 0.25) is 0 Å². The minimum Gasteiger partial charge on any atom is -0.463 e. The van der Waals surface area contributed by atoms with Crippen LogP contribution in [0.25, 0.3) is 0 Å². The summed E-state index contributed by atoms with van der Waals surface area (Å²) in [7, 11) is 0. The molecule has 0 aliphatic carbocycles. The van der Waals surface area contributed by atoms with E-state index in [0.717, 1.165) is 5.01 Å². The zero-order valence-corrected chi connectivity index (χ0v) is 10.4. The monoisotopic (exact) mass is 272 g/mol. The first-order valence-electron chi connectivity index (χ1n) is 5.77. The number of carbonyl (C=O) groups is 2. The number of hydrazine groups is 1. The predicted octanol–water partition coefficient (Wildman–Crippen LogP) is 3.40. The Bertz CT molecular complexity index is 548. The van der Waals surface area contributed by atoms with Crippen LogP contribution in [0.15, 0.2) is 60.7 Å². The molecule has 6 nitrogen and oxygen atoms in total. The molecule has 2 aromatic carbocycles. The molecule has 0 atom stereocenters. The van der Waals surface area contributed by atoms with Crippen molar-refractivity contribution in [2.75, 3.05) is 5.01 Å². The maximum absolute atomic E-state index is 11.2. The summed E-state index contributed by atoms with van der Waals surface area (Å²) < 4.78 is 0. The molecule has 0 aromatic heterocycles. The van der Waals surface area contributed by atoms with Crippen molar-refractivity contribution in [3.63, 3.8) is 0 Å². The first-order valence-corrected chi connectivity index (χ1v) is 5.77. The van der Waals surface area contributed by atoms with Crippen molar-refractivity contribution < 1.29 is 19.8 Å². The Balaban J connectivity index is 2.55. The zero-order chi connectivity index (χ0) is 14.5. The van der Waals surface area contributed by atoms with E-state index in [0.29, 0.717) is 11.4 Å². The van der Waals surface area contributed by atoms with Gasteiger partial charge in [0.25, 0.3) is 0 Å². The molecule has 0 spiro atoms. The third-order valence-corrected chi connectivity index (χ3v) is 2.56. The Morgan fingerprint density at radius 3 is 1.35 bits per heavy atom. The Morgan fingerprint density at radius 1 is 0.700 bits per heavy atom. The maximum atomic E-state index is 11.2. The van der Waals surface area contributed by atoms with Gasteiger partial charge in [-0.1, -0.05) is 36.4 Å². The third kappa shape index (κ3) is 2.69. The number of nitrogens with zero attached hydrogens (tertiary/aromatic N) is 2. The lowest BCUT2D eigenvalue weighted by atomic mass is 10.2. The number of benzene rings is 2. The van der Waals surface area contributed by atoms with Gasteiger partial charge in [-0.05, 0) is 24.3 Å². The molecule has 102 valence electrons. The van der Waals surface area contributed by atoms with E-state index in [1.165, 1.54) is 0 Å². The summed E-state index contributed by atoms with van der Waals surface area (Å²) in [6.07, 6.45) is -3.16. The van der Waals surface area contributed by atoms with E-state index in [9.17, 15) is 9.59 Å². The molecule has 2 amide bonds. The molecule has 0 aliphatic rings. The zero-order valence-electron chi connectivity index (χ0n) is 10.4. The van der Waals surface area contributed by atoms with E-state index in [1.807, 2.05) is 0 Å². The van der Waals surface area contributed by atoms with Crippen LogP contribution >= 0.6 is 0 Å². The quantitative estimate of drug-likeness (QED) is 0.837. The van der Waals surface area contributed by atoms with E-state index in [4.69, 9.17) is 10.2 Å². The van der Waals surface area contributed by atoms with Gasteiger partial charge in [0, 0.05) is 0 Å². The summed E-state index contributed by atoms with van der Waals surface area (Å²) in [6, 6.07) is 16.9. The van der Waals surface area contributed by atoms with E-state index in [1.54, 1.807) is 60.7 Å². The minimum atomic E-state index is -1.58. The van der Waals surface area contributed by atoms with Gasteiger partial charge in [-0.3, -0.25) is 0 Å². The number of amides is 2. The van der Waals surface area contributed by atoms with Crippen molar-refractivity contribution >= 4 is 23.6 Å². The van der Waals surface area contributed by atoms with Crippen molar-refractivity contribution in [1.29, 1.82) is 0 Å². The van der Waals surface area contributed by atoms with Gasteiger partial charge in [0.1, 0.15) is 0 Å². The normalized spacial score (nSPS) is 9.80. The molecule has 0 saturated carbocycles. The third-order valence-electron chi connectivity index (χ3n) is 2.56. The van der Waals surface area contributed by atoms with Crippen LogP contribution in [-0.4, -0.2) is 27.4 Å². The number of para-hydroxylation sites is 2. The van der Waals surface area contributed by atoms with Crippen LogP contribution in [0.3, 0.4) is 0 Å². The molecular formula is C14H12N2O4. The van der Waals surface area contributed by atoms with E-state index in [-0.39, 0.29) is 5.01 Å². The average molecular weight is 272 g/mol. The van der Waals surface area contributed by atoms with Crippen LogP contribution in [0, 0.1) is 0 Å². The Kier molecular flexibility index (Phi) is 3.85. The molecule has 0 fully saturated rings. The fourth-order valence-electron chi connectivity index (χ4n) is 1.77. The smallest absolute Gasteiger partial charge is 0.436 e. The van der Waals surface area contributed by atoms with Crippen LogP contribution in [0.5, 0.6) is 0 Å². The van der Waals surface area contributed by atoms with E-state index in [2.05, 4.69) is 0 Å². The van der Waals surface area contributed by atoms with Gasteiger partial charge in [0.2, 0.25) is 0 Å². The lowest BCUT2D eigenvalue weighted by Crippen LogP contribution is -2.46. The van der Waals surface area contributed by atoms with Crippen LogP contribution in [-0.2, 0) is 0 Å². The fraction of sp³-hybridized carbons (Fsp3) is 0. The average Bonchev–Trinajstić information content (AvgIpc) is 2.45. The predicted molar refractivity (Wildman–Crippen MR) is 72.9 cm³/mol. The standard InChI is InChI=1S/C14H12N2O4/c17-13(18)16(14(19)20)15(11-7-3-1-4-8-11)12-9-5-2-6-10-12/h1-10H,(H,17,18)(H,19,20). The summed E-state index contributed by atoms with van der Waals surface area (Å²) in [5.41, 5.74) is 0.868. The van der Waals surface area contributed by atoms with Gasteiger partial charge in [-0.2, -0.15) is 0 Å². The Morgan fingerprint density at radius 2 is 1.05 bits per heavy atom. The lowest BCUT2D eigenvalue weighted by molar-refractivity contribution is 0.123. The molecule has 2 N–H and O–H groups in total. The molecule has 20 heavy (non-hydrogen) atoms. The van der Waals surface area contributed by atoms with Gasteiger partial charge >= 0.3 is 12.2 Å². The first kappa shape index (κ1) is 13.4. The second-order valence-corrected chi connectivity index (χ2v) is 3.86. The summed E-state index contributed by atoms with van der Waals surface area (Å²) in [6.45, 7) is 0.